The normalized spacial score (nSPS) is 12.0. The number of benzene rings is 1. The van der Waals surface area contributed by atoms with E-state index in [1.807, 2.05) is 24.4 Å². The molecule has 4 rings (SSSR count). The van der Waals surface area contributed by atoms with Crippen molar-refractivity contribution < 1.29 is 17.4 Å². The Labute approximate surface area is 170 Å². The van der Waals surface area contributed by atoms with Crippen LogP contribution in [0.5, 0.6) is 0 Å². The second-order valence-electron chi connectivity index (χ2n) is 6.27. The molecule has 0 aliphatic carbocycles. The molecule has 0 aliphatic rings. The number of aryl methyl sites for hydroxylation is 1. The van der Waals surface area contributed by atoms with Crippen LogP contribution in [0.25, 0.3) is 11.1 Å². The Hall–Kier alpha value is -2.76. The molecule has 0 saturated carbocycles. The van der Waals surface area contributed by atoms with Crippen molar-refractivity contribution in [2.45, 2.75) is 31.2 Å². The van der Waals surface area contributed by atoms with E-state index in [0.717, 1.165) is 4.88 Å². The predicted octanol–water partition coefficient (Wildman–Crippen LogP) is 2.17. The summed E-state index contributed by atoms with van der Waals surface area (Å²) in [6.07, 6.45) is 1.20. The lowest BCUT2D eigenvalue weighted by Gasteiger charge is -2.06. The molecule has 0 spiro atoms. The molecule has 3 aromatic heterocycles. The second-order valence-corrected chi connectivity index (χ2v) is 9.07. The van der Waals surface area contributed by atoms with Crippen LogP contribution in [0, 0.1) is 0 Å². The minimum Gasteiger partial charge on any atom is -0.408 e. The Morgan fingerprint density at radius 2 is 2.14 bits per heavy atom. The van der Waals surface area contributed by atoms with Gasteiger partial charge in [0.15, 0.2) is 11.4 Å². The molecule has 4 aromatic rings. The van der Waals surface area contributed by atoms with Gasteiger partial charge >= 0.3 is 5.76 Å². The summed E-state index contributed by atoms with van der Waals surface area (Å²) in [4.78, 5) is 17.5. The maximum Gasteiger partial charge on any atom is 0.420 e. The highest BCUT2D eigenvalue weighted by molar-refractivity contribution is 7.89. The van der Waals surface area contributed by atoms with Gasteiger partial charge in [-0.05, 0) is 30.0 Å². The molecular formula is C18H18N4O5S2. The highest BCUT2D eigenvalue weighted by atomic mass is 32.2. The van der Waals surface area contributed by atoms with E-state index in [0.29, 0.717) is 30.1 Å². The topological polar surface area (TPSA) is 120 Å². The van der Waals surface area contributed by atoms with E-state index < -0.39 is 15.8 Å². The van der Waals surface area contributed by atoms with Gasteiger partial charge in [0.2, 0.25) is 15.9 Å². The number of sulfonamides is 1. The maximum absolute atomic E-state index is 12.6. The summed E-state index contributed by atoms with van der Waals surface area (Å²) >= 11 is 1.57. The third-order valence-corrected chi connectivity index (χ3v) is 6.70. The average molecular weight is 434 g/mol. The van der Waals surface area contributed by atoms with Crippen LogP contribution in [-0.4, -0.2) is 29.7 Å². The Morgan fingerprint density at radius 3 is 2.86 bits per heavy atom. The van der Waals surface area contributed by atoms with Gasteiger partial charge in [-0.2, -0.15) is 4.98 Å². The van der Waals surface area contributed by atoms with Crippen molar-refractivity contribution in [1.82, 2.24) is 19.4 Å². The van der Waals surface area contributed by atoms with E-state index in [1.54, 1.807) is 11.3 Å². The number of hydrogen-bond acceptors (Lipinski definition) is 8. The Bertz CT molecular complexity index is 1290. The largest absolute Gasteiger partial charge is 0.420 e. The van der Waals surface area contributed by atoms with Crippen molar-refractivity contribution >= 4 is 32.5 Å². The number of nitrogens with zero attached hydrogens (tertiary/aromatic N) is 3. The van der Waals surface area contributed by atoms with Crippen LogP contribution < -0.4 is 10.5 Å². The molecule has 0 radical (unpaired) electrons. The minimum atomic E-state index is -3.72. The zero-order valence-corrected chi connectivity index (χ0v) is 17.1. The quantitative estimate of drug-likeness (QED) is 0.451. The summed E-state index contributed by atoms with van der Waals surface area (Å²) in [5, 5.41) is 5.78. The minimum absolute atomic E-state index is 0.0323. The van der Waals surface area contributed by atoms with Crippen LogP contribution in [0.4, 0.5) is 0 Å². The van der Waals surface area contributed by atoms with E-state index in [1.165, 1.54) is 22.8 Å². The van der Waals surface area contributed by atoms with Gasteiger partial charge < -0.3 is 8.94 Å². The molecule has 0 aliphatic heterocycles. The fraction of sp³-hybridized carbons (Fsp3) is 0.278. The highest BCUT2D eigenvalue weighted by Gasteiger charge is 2.18. The first kappa shape index (κ1) is 19.6. The first-order valence-electron chi connectivity index (χ1n) is 8.93. The van der Waals surface area contributed by atoms with Crippen molar-refractivity contribution in [3.8, 4) is 0 Å². The maximum atomic E-state index is 12.6. The van der Waals surface area contributed by atoms with Crippen molar-refractivity contribution in [1.29, 1.82) is 0 Å². The van der Waals surface area contributed by atoms with Gasteiger partial charge in [-0.15, -0.1) is 11.3 Å². The van der Waals surface area contributed by atoms with Crippen LogP contribution in [0.15, 0.2) is 54.3 Å². The molecule has 0 unspecified atom stereocenters. The van der Waals surface area contributed by atoms with Gasteiger partial charge in [-0.1, -0.05) is 18.1 Å². The van der Waals surface area contributed by atoms with Crippen molar-refractivity contribution in [2.75, 3.05) is 6.54 Å². The van der Waals surface area contributed by atoms with E-state index in [9.17, 15) is 13.2 Å². The summed E-state index contributed by atoms with van der Waals surface area (Å²) in [5.41, 5.74) is 0.630. The summed E-state index contributed by atoms with van der Waals surface area (Å²) in [6.45, 7) is 2.23. The van der Waals surface area contributed by atoms with Crippen LogP contribution in [0.1, 0.15) is 23.5 Å². The van der Waals surface area contributed by atoms with Crippen LogP contribution in [0.3, 0.4) is 0 Å². The van der Waals surface area contributed by atoms with Gasteiger partial charge in [0.1, 0.15) is 0 Å². The van der Waals surface area contributed by atoms with E-state index in [-0.39, 0.29) is 23.6 Å². The van der Waals surface area contributed by atoms with Crippen LogP contribution >= 0.6 is 11.3 Å². The highest BCUT2D eigenvalue weighted by Crippen LogP contribution is 2.19. The lowest BCUT2D eigenvalue weighted by Crippen LogP contribution is -2.25. The SMILES string of the molecule is CCc1nc(Cn2c(=O)oc3cc(S(=O)(=O)NCCc4cccs4)ccc32)no1. The number of fused-ring (bicyclic) bond motifs is 1. The van der Waals surface area contributed by atoms with Crippen LogP contribution in [-0.2, 0) is 29.4 Å². The lowest BCUT2D eigenvalue weighted by atomic mass is 10.3. The number of aromatic nitrogens is 3. The fourth-order valence-electron chi connectivity index (χ4n) is 2.85. The standard InChI is InChI=1S/C18H18N4O5S2/c1-2-17-20-16(21-27-17)11-22-14-6-5-13(10-15(14)26-18(22)23)29(24,25)19-8-7-12-4-3-9-28-12/h3-6,9-10,19H,2,7-8,11H2,1H3. The molecule has 9 nitrogen and oxygen atoms in total. The van der Waals surface area contributed by atoms with Crippen molar-refractivity contribution in [3.63, 3.8) is 0 Å². The summed E-state index contributed by atoms with van der Waals surface area (Å²) in [5.74, 6) is 0.199. The molecule has 0 saturated heterocycles. The average Bonchev–Trinajstić information content (AvgIpc) is 3.43. The number of rotatable bonds is 8. The second kappa shape index (κ2) is 7.93. The van der Waals surface area contributed by atoms with Crippen LogP contribution in [0.2, 0.25) is 0 Å². The molecule has 11 heteroatoms. The molecule has 152 valence electrons. The number of nitrogens with one attached hydrogen (secondary N) is 1. The fourth-order valence-corrected chi connectivity index (χ4v) is 4.61. The number of thiophene rings is 1. The van der Waals surface area contributed by atoms with Gasteiger partial charge in [-0.3, -0.25) is 4.57 Å². The van der Waals surface area contributed by atoms with E-state index in [4.69, 9.17) is 8.94 Å². The third-order valence-electron chi connectivity index (χ3n) is 4.31. The Balaban J connectivity index is 1.55. The predicted molar refractivity (Wildman–Crippen MR) is 106 cm³/mol. The molecule has 0 amide bonds. The van der Waals surface area contributed by atoms with Gasteiger partial charge in [0.25, 0.3) is 0 Å². The summed E-state index contributed by atoms with van der Waals surface area (Å²) in [7, 11) is -3.72. The Morgan fingerprint density at radius 1 is 1.28 bits per heavy atom. The monoisotopic (exact) mass is 434 g/mol. The van der Waals surface area contributed by atoms with Crippen molar-refractivity contribution in [2.24, 2.45) is 0 Å². The summed E-state index contributed by atoms with van der Waals surface area (Å²) < 4.78 is 39.3. The van der Waals surface area contributed by atoms with Gasteiger partial charge in [-0.25, -0.2) is 17.9 Å². The molecule has 0 bridgehead atoms. The molecule has 1 N–H and O–H groups in total. The first-order valence-corrected chi connectivity index (χ1v) is 11.3. The summed E-state index contributed by atoms with van der Waals surface area (Å²) in [6, 6.07) is 8.20. The molecule has 0 fully saturated rings. The molecule has 1 aromatic carbocycles. The smallest absolute Gasteiger partial charge is 0.408 e. The first-order chi connectivity index (χ1) is 14.0. The van der Waals surface area contributed by atoms with E-state index >= 15 is 0 Å². The molecule has 29 heavy (non-hydrogen) atoms. The molecule has 3 heterocycles. The molecular weight excluding hydrogens is 416 g/mol. The molecule has 0 atom stereocenters. The third kappa shape index (κ3) is 4.16. The van der Waals surface area contributed by atoms with Crippen molar-refractivity contribution in [3.05, 3.63) is 62.9 Å². The number of hydrogen-bond donors (Lipinski definition) is 1. The lowest BCUT2D eigenvalue weighted by molar-refractivity contribution is 0.375. The zero-order valence-electron chi connectivity index (χ0n) is 15.5. The van der Waals surface area contributed by atoms with Gasteiger partial charge in [0, 0.05) is 23.9 Å². The number of oxazole rings is 1. The zero-order chi connectivity index (χ0) is 20.4. The Kier molecular flexibility index (Phi) is 5.35. The van der Waals surface area contributed by atoms with E-state index in [2.05, 4.69) is 14.9 Å². The van der Waals surface area contributed by atoms with Gasteiger partial charge in [0.05, 0.1) is 17.0 Å².